The van der Waals surface area contributed by atoms with Gasteiger partial charge in [0, 0.05) is 42.0 Å². The topological polar surface area (TPSA) is 54.5 Å². The van der Waals surface area contributed by atoms with Crippen molar-refractivity contribution in [1.82, 2.24) is 4.90 Å². The van der Waals surface area contributed by atoms with Crippen molar-refractivity contribution in [3.05, 3.63) is 33.9 Å². The number of carbonyl (C=O) groups is 3. The number of allylic oxidation sites excluding steroid dienone is 5. The zero-order valence-electron chi connectivity index (χ0n) is 17.9. The van der Waals surface area contributed by atoms with Crippen LogP contribution < -0.4 is 0 Å². The number of likely N-dealkylation sites (N-methyl/N-ethyl adjacent to an activating group) is 1. The van der Waals surface area contributed by atoms with E-state index in [-0.39, 0.29) is 17.5 Å². The molecule has 0 aromatic carbocycles. The van der Waals surface area contributed by atoms with Crippen LogP contribution in [0.2, 0.25) is 0 Å². The molecule has 0 spiro atoms. The summed E-state index contributed by atoms with van der Waals surface area (Å²) < 4.78 is 0. The van der Waals surface area contributed by atoms with Crippen LogP contribution in [0.3, 0.4) is 0 Å². The number of hydrogen-bond acceptors (Lipinski definition) is 3. The van der Waals surface area contributed by atoms with Crippen molar-refractivity contribution in [1.29, 1.82) is 0 Å². The molecule has 0 fully saturated rings. The summed E-state index contributed by atoms with van der Waals surface area (Å²) in [7, 11) is 3.43. The van der Waals surface area contributed by atoms with Gasteiger partial charge in [0.05, 0.1) is 0 Å². The first kappa shape index (κ1) is 23.1. The molecule has 1 aliphatic rings. The molecule has 0 aromatic heterocycles. The first-order valence-corrected chi connectivity index (χ1v) is 10.1. The van der Waals surface area contributed by atoms with Crippen LogP contribution >= 0.6 is 0 Å². The molecule has 4 heteroatoms. The molecule has 0 heterocycles. The molecule has 27 heavy (non-hydrogen) atoms. The minimum atomic E-state index is -0.145. The maximum atomic E-state index is 12.7. The fourth-order valence-corrected chi connectivity index (χ4v) is 3.27. The summed E-state index contributed by atoms with van der Waals surface area (Å²) in [5.41, 5.74) is 2.39. The quantitative estimate of drug-likeness (QED) is 0.309. The van der Waals surface area contributed by atoms with E-state index < -0.39 is 0 Å². The summed E-state index contributed by atoms with van der Waals surface area (Å²) in [6.07, 6.45) is 10.5. The Labute approximate surface area is 164 Å². The lowest BCUT2D eigenvalue weighted by Gasteiger charge is -2.19. The van der Waals surface area contributed by atoms with Gasteiger partial charge >= 0.3 is 0 Å². The fourth-order valence-electron chi connectivity index (χ4n) is 3.27. The van der Waals surface area contributed by atoms with Gasteiger partial charge in [0.25, 0.3) is 0 Å². The lowest BCUT2D eigenvalue weighted by Crippen LogP contribution is -2.25. The number of unbranched alkanes of at least 4 members (excludes halogenated alkanes) is 6. The van der Waals surface area contributed by atoms with E-state index in [1.165, 1.54) is 37.0 Å². The van der Waals surface area contributed by atoms with Gasteiger partial charge in [-0.2, -0.15) is 0 Å². The number of nitrogens with zero attached hydrogens (tertiary/aromatic N) is 1. The van der Waals surface area contributed by atoms with Crippen LogP contribution in [-0.4, -0.2) is 36.5 Å². The third kappa shape index (κ3) is 6.30. The maximum Gasteiger partial charge on any atom is 0.249 e. The summed E-state index contributed by atoms with van der Waals surface area (Å²) in [5, 5.41) is 0. The molecule has 0 saturated carbocycles. The zero-order chi connectivity index (χ0) is 20.6. The Hall–Kier alpha value is -1.97. The van der Waals surface area contributed by atoms with Crippen LogP contribution in [0.4, 0.5) is 0 Å². The van der Waals surface area contributed by atoms with E-state index in [1.807, 2.05) is 0 Å². The smallest absolute Gasteiger partial charge is 0.249 e. The monoisotopic (exact) mass is 373 g/mol. The van der Waals surface area contributed by atoms with Crippen LogP contribution in [-0.2, 0) is 14.4 Å². The van der Waals surface area contributed by atoms with Gasteiger partial charge in [0.1, 0.15) is 0 Å². The van der Waals surface area contributed by atoms with Gasteiger partial charge in [-0.3, -0.25) is 14.4 Å². The van der Waals surface area contributed by atoms with E-state index in [0.29, 0.717) is 34.3 Å². The summed E-state index contributed by atoms with van der Waals surface area (Å²) in [6, 6.07) is 0. The second kappa shape index (κ2) is 11.0. The molecular weight excluding hydrogens is 338 g/mol. The highest BCUT2D eigenvalue weighted by atomic mass is 16.2. The van der Waals surface area contributed by atoms with Crippen LogP contribution in [0.1, 0.15) is 79.1 Å². The standard InChI is InChI=1S/C23H35NO3/c1-7-8-9-10-11-12-13-14-19(23(27)24(5)6)15-20-18(4)21(25)16(2)17(3)22(20)26/h15H,7-14H2,1-6H3. The summed E-state index contributed by atoms with van der Waals surface area (Å²) in [4.78, 5) is 39.2. The molecule has 0 N–H and O–H groups in total. The van der Waals surface area contributed by atoms with Crippen LogP contribution in [0.5, 0.6) is 0 Å². The predicted octanol–water partition coefficient (Wildman–Crippen LogP) is 4.95. The van der Waals surface area contributed by atoms with Gasteiger partial charge in [-0.15, -0.1) is 0 Å². The maximum absolute atomic E-state index is 12.7. The average molecular weight is 374 g/mol. The molecule has 0 radical (unpaired) electrons. The van der Waals surface area contributed by atoms with Crippen molar-refractivity contribution in [3.63, 3.8) is 0 Å². The number of Topliss-reactive ketones (excluding diaryl/α,β-unsaturated/α-hetero) is 2. The van der Waals surface area contributed by atoms with E-state index in [2.05, 4.69) is 6.92 Å². The van der Waals surface area contributed by atoms with Crippen molar-refractivity contribution in [3.8, 4) is 0 Å². The Balaban J connectivity index is 2.92. The molecular formula is C23H35NO3. The van der Waals surface area contributed by atoms with Gasteiger partial charge in [-0.1, -0.05) is 45.4 Å². The molecule has 1 amide bonds. The zero-order valence-corrected chi connectivity index (χ0v) is 17.9. The van der Waals surface area contributed by atoms with Crippen molar-refractivity contribution < 1.29 is 14.4 Å². The normalized spacial score (nSPS) is 15.7. The average Bonchev–Trinajstić information content (AvgIpc) is 2.65. The van der Waals surface area contributed by atoms with E-state index in [1.54, 1.807) is 40.9 Å². The van der Waals surface area contributed by atoms with Gasteiger partial charge in [-0.25, -0.2) is 0 Å². The van der Waals surface area contributed by atoms with Crippen molar-refractivity contribution in [2.24, 2.45) is 0 Å². The van der Waals surface area contributed by atoms with Gasteiger partial charge in [0.15, 0.2) is 11.6 Å². The highest BCUT2D eigenvalue weighted by Crippen LogP contribution is 2.27. The second-order valence-corrected chi connectivity index (χ2v) is 7.69. The van der Waals surface area contributed by atoms with E-state index in [0.717, 1.165) is 12.8 Å². The number of ketones is 2. The Morgan fingerprint density at radius 2 is 1.33 bits per heavy atom. The molecule has 1 aliphatic carbocycles. The van der Waals surface area contributed by atoms with Crippen molar-refractivity contribution in [2.45, 2.75) is 79.1 Å². The molecule has 0 aliphatic heterocycles. The third-order valence-corrected chi connectivity index (χ3v) is 5.28. The highest BCUT2D eigenvalue weighted by molar-refractivity contribution is 6.26. The molecule has 0 bridgehead atoms. The van der Waals surface area contributed by atoms with Crippen LogP contribution in [0.15, 0.2) is 33.9 Å². The summed E-state index contributed by atoms with van der Waals surface area (Å²) >= 11 is 0. The van der Waals surface area contributed by atoms with Crippen molar-refractivity contribution in [2.75, 3.05) is 14.1 Å². The van der Waals surface area contributed by atoms with E-state index in [4.69, 9.17) is 0 Å². The Morgan fingerprint density at radius 3 is 1.89 bits per heavy atom. The Kier molecular flexibility index (Phi) is 9.40. The van der Waals surface area contributed by atoms with Gasteiger partial charge < -0.3 is 4.90 Å². The lowest BCUT2D eigenvalue weighted by molar-refractivity contribution is -0.124. The van der Waals surface area contributed by atoms with E-state index in [9.17, 15) is 14.4 Å². The first-order chi connectivity index (χ1) is 12.7. The Morgan fingerprint density at radius 1 is 0.815 bits per heavy atom. The highest BCUT2D eigenvalue weighted by Gasteiger charge is 2.27. The number of carbonyl (C=O) groups excluding carboxylic acids is 3. The molecule has 0 atom stereocenters. The van der Waals surface area contributed by atoms with Gasteiger partial charge in [-0.05, 0) is 39.7 Å². The Bertz CT molecular complexity index is 678. The van der Waals surface area contributed by atoms with Crippen LogP contribution in [0, 0.1) is 0 Å². The summed E-state index contributed by atoms with van der Waals surface area (Å²) in [5.74, 6) is -0.343. The molecule has 150 valence electrons. The van der Waals surface area contributed by atoms with Crippen molar-refractivity contribution >= 4 is 17.5 Å². The molecule has 4 nitrogen and oxygen atoms in total. The number of hydrogen-bond donors (Lipinski definition) is 0. The SMILES string of the molecule is CCCCCCCCCC(=CC1=C(C)C(=O)C(C)=C(C)C1=O)C(=O)N(C)C. The minimum Gasteiger partial charge on any atom is -0.345 e. The lowest BCUT2D eigenvalue weighted by atomic mass is 9.84. The summed E-state index contributed by atoms with van der Waals surface area (Å²) in [6.45, 7) is 7.24. The largest absolute Gasteiger partial charge is 0.345 e. The fraction of sp³-hybridized carbons (Fsp3) is 0.609. The second-order valence-electron chi connectivity index (χ2n) is 7.69. The minimum absolute atomic E-state index is 0.0922. The molecule has 0 unspecified atom stereocenters. The molecule has 0 saturated heterocycles. The molecule has 0 aromatic rings. The first-order valence-electron chi connectivity index (χ1n) is 10.1. The third-order valence-electron chi connectivity index (χ3n) is 5.28. The predicted molar refractivity (Wildman–Crippen MR) is 110 cm³/mol. The van der Waals surface area contributed by atoms with Gasteiger partial charge in [0.2, 0.25) is 5.91 Å². The molecule has 1 rings (SSSR count). The van der Waals surface area contributed by atoms with E-state index >= 15 is 0 Å². The van der Waals surface area contributed by atoms with Crippen LogP contribution in [0.25, 0.3) is 0 Å². The number of amides is 1. The number of rotatable bonds is 10.